The van der Waals surface area contributed by atoms with Gasteiger partial charge in [-0.25, -0.2) is 0 Å². The molecule has 2 aromatic carbocycles. The van der Waals surface area contributed by atoms with E-state index in [1.807, 2.05) is 55.8 Å². The van der Waals surface area contributed by atoms with Gasteiger partial charge in [-0.1, -0.05) is 47.5 Å². The summed E-state index contributed by atoms with van der Waals surface area (Å²) in [5.74, 6) is 0.326. The number of carboxylic acids is 1. The highest BCUT2D eigenvalue weighted by atomic mass is 35.5. The number of hydrogen-bond acceptors (Lipinski definition) is 4. The maximum absolute atomic E-state index is 11.2. The number of ether oxygens (including phenoxy) is 2. The van der Waals surface area contributed by atoms with Crippen molar-refractivity contribution in [3.63, 3.8) is 0 Å². The van der Waals surface area contributed by atoms with E-state index in [0.717, 1.165) is 23.2 Å². The first-order valence-electron chi connectivity index (χ1n) is 10.8. The van der Waals surface area contributed by atoms with E-state index in [2.05, 4.69) is 5.10 Å². The summed E-state index contributed by atoms with van der Waals surface area (Å²) in [6.45, 7) is 6.78. The lowest BCUT2D eigenvalue weighted by molar-refractivity contribution is -0.136. The third-order valence-electron chi connectivity index (χ3n) is 4.99. The molecule has 6 nitrogen and oxygen atoms in total. The van der Waals surface area contributed by atoms with Crippen LogP contribution in [0, 0.1) is 6.92 Å². The van der Waals surface area contributed by atoms with Crippen molar-refractivity contribution in [2.75, 3.05) is 6.61 Å². The molecule has 0 aliphatic rings. The van der Waals surface area contributed by atoms with Gasteiger partial charge in [-0.15, -0.1) is 5.10 Å². The highest BCUT2D eigenvalue weighted by molar-refractivity contribution is 6.35. The van der Waals surface area contributed by atoms with Gasteiger partial charge in [0.1, 0.15) is 5.75 Å². The summed E-state index contributed by atoms with van der Waals surface area (Å²) < 4.78 is 13.7. The molecule has 0 fully saturated rings. The van der Waals surface area contributed by atoms with Crippen molar-refractivity contribution in [2.24, 2.45) is 0 Å². The average molecular weight is 491 g/mol. The summed E-state index contributed by atoms with van der Waals surface area (Å²) in [6, 6.07) is 12.9. The van der Waals surface area contributed by atoms with Crippen LogP contribution in [0.5, 0.6) is 11.6 Å². The first-order chi connectivity index (χ1) is 15.7. The van der Waals surface area contributed by atoms with Gasteiger partial charge in [0.15, 0.2) is 0 Å². The van der Waals surface area contributed by atoms with E-state index < -0.39 is 5.97 Å². The van der Waals surface area contributed by atoms with Crippen molar-refractivity contribution >= 4 is 29.2 Å². The van der Waals surface area contributed by atoms with E-state index in [0.29, 0.717) is 46.8 Å². The van der Waals surface area contributed by atoms with E-state index in [1.165, 1.54) is 0 Å². The van der Waals surface area contributed by atoms with Crippen LogP contribution in [0.15, 0.2) is 42.5 Å². The molecule has 0 spiro atoms. The zero-order chi connectivity index (χ0) is 24.0. The number of halogens is 2. The van der Waals surface area contributed by atoms with Gasteiger partial charge in [0.25, 0.3) is 0 Å². The maximum Gasteiger partial charge on any atom is 0.307 e. The van der Waals surface area contributed by atoms with Crippen LogP contribution in [0.25, 0.3) is 0 Å². The van der Waals surface area contributed by atoms with Gasteiger partial charge in [0.05, 0.1) is 25.7 Å². The maximum atomic E-state index is 11.2. The highest BCUT2D eigenvalue weighted by Crippen LogP contribution is 2.26. The topological polar surface area (TPSA) is 73.6 Å². The number of carbonyl (C=O) groups is 1. The normalized spacial score (nSPS) is 11.1. The second-order valence-corrected chi connectivity index (χ2v) is 8.96. The quantitative estimate of drug-likeness (QED) is 0.335. The molecule has 1 heterocycles. The van der Waals surface area contributed by atoms with Crippen LogP contribution in [0.1, 0.15) is 42.7 Å². The van der Waals surface area contributed by atoms with E-state index in [-0.39, 0.29) is 12.5 Å². The first kappa shape index (κ1) is 24.9. The molecular formula is C25H28Cl2N2O4. The fourth-order valence-corrected chi connectivity index (χ4v) is 4.00. The Hall–Kier alpha value is -2.70. The molecule has 0 amide bonds. The fourth-order valence-electron chi connectivity index (χ4n) is 3.53. The van der Waals surface area contributed by atoms with Crippen LogP contribution < -0.4 is 9.47 Å². The van der Waals surface area contributed by atoms with Crippen LogP contribution in [0.3, 0.4) is 0 Å². The molecule has 0 radical (unpaired) electrons. The molecule has 3 aromatic rings. The van der Waals surface area contributed by atoms with E-state index in [9.17, 15) is 4.79 Å². The molecule has 0 atom stereocenters. The largest absolute Gasteiger partial charge is 0.493 e. The van der Waals surface area contributed by atoms with E-state index >= 15 is 0 Å². The molecule has 8 heteroatoms. The van der Waals surface area contributed by atoms with E-state index in [1.54, 1.807) is 12.1 Å². The molecule has 1 N–H and O–H groups in total. The number of aliphatic carboxylic acids is 1. The Morgan fingerprint density at radius 3 is 2.64 bits per heavy atom. The molecule has 1 aromatic heterocycles. The second-order valence-electron chi connectivity index (χ2n) is 8.12. The number of aryl methyl sites for hydroxylation is 2. The lowest BCUT2D eigenvalue weighted by Gasteiger charge is -2.13. The molecule has 0 bridgehead atoms. The van der Waals surface area contributed by atoms with Crippen molar-refractivity contribution < 1.29 is 19.4 Å². The molecule has 176 valence electrons. The Balaban J connectivity index is 1.70. The number of carboxylic acid groups (broad SMARTS) is 1. The molecule has 0 saturated carbocycles. The van der Waals surface area contributed by atoms with Gasteiger partial charge >= 0.3 is 5.97 Å². The Labute approximate surface area is 204 Å². The number of hydrogen-bond donors (Lipinski definition) is 1. The Morgan fingerprint density at radius 2 is 1.94 bits per heavy atom. The molecule has 0 aliphatic heterocycles. The predicted molar refractivity (Wildman–Crippen MR) is 130 cm³/mol. The number of aromatic nitrogens is 2. The van der Waals surface area contributed by atoms with Crippen molar-refractivity contribution in [1.82, 2.24) is 9.78 Å². The Kier molecular flexibility index (Phi) is 8.64. The standard InChI is InChI=1S/C25H28Cl2N2O4/c1-16(2)33-23-14-21(29(28-23)15-19-9-10-20(26)13-22(19)27)8-5-11-32-25-17(3)6-4-7-18(25)12-24(30)31/h4,6-7,9-10,13-14,16H,5,8,11-12,15H2,1-3H3,(H,30,31). The molecule has 0 saturated heterocycles. The van der Waals surface area contributed by atoms with Crippen LogP contribution in [-0.4, -0.2) is 33.6 Å². The van der Waals surface area contributed by atoms with Crippen molar-refractivity contribution in [3.8, 4) is 11.6 Å². The number of nitrogens with zero attached hydrogens (tertiary/aromatic N) is 2. The number of benzene rings is 2. The third kappa shape index (κ3) is 7.14. The monoisotopic (exact) mass is 490 g/mol. The summed E-state index contributed by atoms with van der Waals surface area (Å²) in [5, 5.41) is 14.9. The predicted octanol–water partition coefficient (Wildman–Crippen LogP) is 5.97. The fraction of sp³-hybridized carbons (Fsp3) is 0.360. The SMILES string of the molecule is Cc1cccc(CC(=O)O)c1OCCCc1cc(OC(C)C)nn1Cc1ccc(Cl)cc1Cl. The molecule has 33 heavy (non-hydrogen) atoms. The summed E-state index contributed by atoms with van der Waals surface area (Å²) in [7, 11) is 0. The summed E-state index contributed by atoms with van der Waals surface area (Å²) in [5.41, 5.74) is 3.51. The summed E-state index contributed by atoms with van der Waals surface area (Å²) in [6.07, 6.45) is 1.38. The van der Waals surface area contributed by atoms with Gasteiger partial charge < -0.3 is 14.6 Å². The second kappa shape index (κ2) is 11.4. The van der Waals surface area contributed by atoms with Gasteiger partial charge in [0.2, 0.25) is 5.88 Å². The molecule has 3 rings (SSSR count). The molecule has 0 unspecified atom stereocenters. The first-order valence-corrected chi connectivity index (χ1v) is 11.6. The Morgan fingerprint density at radius 1 is 1.15 bits per heavy atom. The van der Waals surface area contributed by atoms with Gasteiger partial charge in [-0.2, -0.15) is 0 Å². The van der Waals surface area contributed by atoms with Gasteiger partial charge in [0, 0.05) is 27.4 Å². The smallest absolute Gasteiger partial charge is 0.307 e. The summed E-state index contributed by atoms with van der Waals surface area (Å²) >= 11 is 12.4. The zero-order valence-corrected chi connectivity index (χ0v) is 20.5. The Bertz CT molecular complexity index is 1110. The van der Waals surface area contributed by atoms with Gasteiger partial charge in [-0.05, 0) is 56.9 Å². The van der Waals surface area contributed by atoms with Crippen molar-refractivity contribution in [2.45, 2.75) is 52.7 Å². The van der Waals surface area contributed by atoms with Crippen LogP contribution in [0.2, 0.25) is 10.0 Å². The van der Waals surface area contributed by atoms with Crippen molar-refractivity contribution in [1.29, 1.82) is 0 Å². The minimum Gasteiger partial charge on any atom is -0.493 e. The number of rotatable bonds is 11. The minimum atomic E-state index is -0.882. The van der Waals surface area contributed by atoms with Gasteiger partial charge in [-0.3, -0.25) is 9.48 Å². The van der Waals surface area contributed by atoms with Crippen LogP contribution in [0.4, 0.5) is 0 Å². The van der Waals surface area contributed by atoms with Crippen molar-refractivity contribution in [3.05, 3.63) is 74.9 Å². The average Bonchev–Trinajstić information content (AvgIpc) is 3.09. The molecule has 0 aliphatic carbocycles. The van der Waals surface area contributed by atoms with E-state index in [4.69, 9.17) is 37.8 Å². The van der Waals surface area contributed by atoms with Crippen LogP contribution >= 0.6 is 23.2 Å². The summed E-state index contributed by atoms with van der Waals surface area (Å²) in [4.78, 5) is 11.2. The zero-order valence-electron chi connectivity index (χ0n) is 19.0. The minimum absolute atomic E-state index is 0.0114. The lowest BCUT2D eigenvalue weighted by atomic mass is 10.1. The molecular weight excluding hydrogens is 463 g/mol. The number of para-hydroxylation sites is 1. The highest BCUT2D eigenvalue weighted by Gasteiger charge is 2.14. The lowest BCUT2D eigenvalue weighted by Crippen LogP contribution is -2.10. The van der Waals surface area contributed by atoms with Crippen LogP contribution in [-0.2, 0) is 24.2 Å². The third-order valence-corrected chi connectivity index (χ3v) is 5.58.